The summed E-state index contributed by atoms with van der Waals surface area (Å²) in [5.74, 6) is -0.394. The van der Waals surface area contributed by atoms with Crippen molar-refractivity contribution >= 4 is 35.3 Å². The van der Waals surface area contributed by atoms with E-state index in [1.54, 1.807) is 6.92 Å². The van der Waals surface area contributed by atoms with Crippen LogP contribution in [-0.2, 0) is 14.3 Å². The number of ether oxygens (including phenoxy) is 1. The summed E-state index contributed by atoms with van der Waals surface area (Å²) < 4.78 is 4.25. The fourth-order valence-electron chi connectivity index (χ4n) is 0.148. The summed E-state index contributed by atoms with van der Waals surface area (Å²) in [7, 11) is 1.31. The van der Waals surface area contributed by atoms with Gasteiger partial charge in [0, 0.05) is 12.6 Å². The summed E-state index contributed by atoms with van der Waals surface area (Å²) in [4.78, 5) is 22.1. The zero-order valence-electron chi connectivity index (χ0n) is 8.63. The van der Waals surface area contributed by atoms with Gasteiger partial charge in [-0.05, 0) is 6.92 Å². The molecule has 0 aliphatic heterocycles. The maximum atomic E-state index is 9.84. The SMILES string of the molecule is C=C(Cl)Cl.C=CC(=O)OC.CCN=C=O. The number of rotatable bonds is 2. The molecule has 0 spiro atoms. The number of halogens is 2. The van der Waals surface area contributed by atoms with Crippen LogP contribution < -0.4 is 0 Å². The minimum Gasteiger partial charge on any atom is -0.466 e. The number of methoxy groups -OCH3 is 1. The largest absolute Gasteiger partial charge is 0.466 e. The van der Waals surface area contributed by atoms with Crippen LogP contribution in [0.2, 0.25) is 0 Å². The number of nitrogens with zero attached hydrogens (tertiary/aromatic N) is 1. The van der Waals surface area contributed by atoms with Gasteiger partial charge in [0.1, 0.15) is 0 Å². The van der Waals surface area contributed by atoms with E-state index in [-0.39, 0.29) is 4.49 Å². The zero-order valence-corrected chi connectivity index (χ0v) is 10.1. The first-order valence-electron chi connectivity index (χ1n) is 3.70. The summed E-state index contributed by atoms with van der Waals surface area (Å²) >= 11 is 9.69. The van der Waals surface area contributed by atoms with Crippen LogP contribution in [0.1, 0.15) is 6.92 Å². The Morgan fingerprint density at radius 3 is 2.00 bits per heavy atom. The number of esters is 1. The van der Waals surface area contributed by atoms with Gasteiger partial charge in [0.05, 0.1) is 11.6 Å². The van der Waals surface area contributed by atoms with Crippen molar-refractivity contribution in [3.63, 3.8) is 0 Å². The van der Waals surface area contributed by atoms with E-state index in [9.17, 15) is 4.79 Å². The van der Waals surface area contributed by atoms with Crippen molar-refractivity contribution in [3.8, 4) is 0 Å². The Morgan fingerprint density at radius 2 is 2.00 bits per heavy atom. The molecule has 0 unspecified atom stereocenters. The molecule has 0 aromatic carbocycles. The quantitative estimate of drug-likeness (QED) is 0.329. The van der Waals surface area contributed by atoms with Gasteiger partial charge in [-0.2, -0.15) is 0 Å². The lowest BCUT2D eigenvalue weighted by Crippen LogP contribution is -1.91. The second-order valence-corrected chi connectivity index (χ2v) is 2.74. The Labute approximate surface area is 99.2 Å². The Bertz CT molecular complexity index is 232. The predicted octanol–water partition coefficient (Wildman–Crippen LogP) is 2.62. The molecule has 0 rings (SSSR count). The van der Waals surface area contributed by atoms with E-state index < -0.39 is 5.97 Å². The molecule has 0 bridgehead atoms. The average Bonchev–Trinajstić information content (AvgIpc) is 2.18. The van der Waals surface area contributed by atoms with Gasteiger partial charge in [-0.25, -0.2) is 14.6 Å². The second-order valence-electron chi connectivity index (χ2n) is 1.63. The standard InChI is InChI=1S/C4H6O2.C3H5NO.C2H2Cl2/c1-3-4(5)6-2;1-2-4-3-5;1-2(3)4/h3H,1H2,2H3;2H2,1H3;1H2. The molecule has 4 nitrogen and oxygen atoms in total. The number of isocyanates is 1. The lowest BCUT2D eigenvalue weighted by molar-refractivity contribution is -0.134. The molecule has 0 aliphatic rings. The summed E-state index contributed by atoms with van der Waals surface area (Å²) in [6.45, 7) is 8.57. The molecule has 15 heavy (non-hydrogen) atoms. The minimum atomic E-state index is -0.394. The number of aliphatic imine (C=N–C) groups is 1. The monoisotopic (exact) mass is 253 g/mol. The van der Waals surface area contributed by atoms with Gasteiger partial charge >= 0.3 is 5.97 Å². The van der Waals surface area contributed by atoms with Crippen molar-refractivity contribution in [2.75, 3.05) is 13.7 Å². The summed E-state index contributed by atoms with van der Waals surface area (Å²) in [6.07, 6.45) is 2.50. The molecule has 0 fully saturated rings. The van der Waals surface area contributed by atoms with Gasteiger partial charge in [0.2, 0.25) is 6.08 Å². The first-order valence-corrected chi connectivity index (χ1v) is 4.45. The van der Waals surface area contributed by atoms with Gasteiger partial charge in [0.15, 0.2) is 0 Å². The van der Waals surface area contributed by atoms with Crippen molar-refractivity contribution in [2.45, 2.75) is 6.92 Å². The molecule has 0 aromatic heterocycles. The first-order chi connectivity index (χ1) is 6.95. The van der Waals surface area contributed by atoms with Gasteiger partial charge < -0.3 is 4.74 Å². The highest BCUT2D eigenvalue weighted by Gasteiger charge is 1.81. The van der Waals surface area contributed by atoms with E-state index in [1.807, 2.05) is 0 Å². The Balaban J connectivity index is -0.000000147. The predicted molar refractivity (Wildman–Crippen MR) is 61.7 cm³/mol. The van der Waals surface area contributed by atoms with Crippen LogP contribution in [0.25, 0.3) is 0 Å². The van der Waals surface area contributed by atoms with Crippen molar-refractivity contribution < 1.29 is 14.3 Å². The molecule has 0 atom stereocenters. The topological polar surface area (TPSA) is 55.7 Å². The van der Waals surface area contributed by atoms with E-state index >= 15 is 0 Å². The Morgan fingerprint density at radius 1 is 1.60 bits per heavy atom. The van der Waals surface area contributed by atoms with Crippen LogP contribution in [-0.4, -0.2) is 25.7 Å². The summed E-state index contributed by atoms with van der Waals surface area (Å²) in [5, 5.41) is 0. The Hall–Kier alpha value is -1.09. The van der Waals surface area contributed by atoms with Crippen molar-refractivity contribution in [1.29, 1.82) is 0 Å². The smallest absolute Gasteiger partial charge is 0.329 e. The van der Waals surface area contributed by atoms with Crippen LogP contribution in [0.4, 0.5) is 0 Å². The molecule has 0 heterocycles. The third kappa shape index (κ3) is 63.7. The van der Waals surface area contributed by atoms with E-state index in [1.165, 1.54) is 13.2 Å². The van der Waals surface area contributed by atoms with E-state index in [0.717, 1.165) is 6.08 Å². The number of hydrogen-bond donors (Lipinski definition) is 0. The molecular formula is C9H13Cl2NO3. The maximum Gasteiger partial charge on any atom is 0.329 e. The van der Waals surface area contributed by atoms with Crippen molar-refractivity contribution in [1.82, 2.24) is 0 Å². The number of hydrogen-bond acceptors (Lipinski definition) is 4. The molecule has 0 amide bonds. The molecule has 0 N–H and O–H groups in total. The molecule has 0 saturated carbocycles. The van der Waals surface area contributed by atoms with Crippen molar-refractivity contribution in [2.24, 2.45) is 4.99 Å². The lowest BCUT2D eigenvalue weighted by atomic mass is 10.7. The Kier molecular flexibility index (Phi) is 24.2. The van der Waals surface area contributed by atoms with Crippen LogP contribution in [0, 0.1) is 0 Å². The molecule has 6 heteroatoms. The normalized spacial score (nSPS) is 6.40. The lowest BCUT2D eigenvalue weighted by Gasteiger charge is -1.83. The molecule has 0 radical (unpaired) electrons. The van der Waals surface area contributed by atoms with Crippen LogP contribution in [0.3, 0.4) is 0 Å². The second kappa shape index (κ2) is 18.6. The third-order valence-electron chi connectivity index (χ3n) is 0.591. The third-order valence-corrected chi connectivity index (χ3v) is 0.591. The molecular weight excluding hydrogens is 241 g/mol. The van der Waals surface area contributed by atoms with E-state index in [4.69, 9.17) is 28.0 Å². The summed E-state index contributed by atoms with van der Waals surface area (Å²) in [5.41, 5.74) is 0. The highest BCUT2D eigenvalue weighted by Crippen LogP contribution is 1.98. The highest BCUT2D eigenvalue weighted by atomic mass is 35.5. The van der Waals surface area contributed by atoms with Crippen LogP contribution >= 0.6 is 23.2 Å². The first kappa shape index (κ1) is 19.5. The van der Waals surface area contributed by atoms with E-state index in [2.05, 4.69) is 22.9 Å². The zero-order chi connectivity index (χ0) is 12.7. The van der Waals surface area contributed by atoms with Crippen LogP contribution in [0.15, 0.2) is 28.7 Å². The average molecular weight is 254 g/mol. The maximum absolute atomic E-state index is 9.84. The van der Waals surface area contributed by atoms with Crippen LogP contribution in [0.5, 0.6) is 0 Å². The molecule has 0 saturated heterocycles. The fourth-order valence-corrected chi connectivity index (χ4v) is 0.148. The highest BCUT2D eigenvalue weighted by molar-refractivity contribution is 6.55. The van der Waals surface area contributed by atoms with Gasteiger partial charge in [-0.3, -0.25) is 0 Å². The molecule has 0 aliphatic carbocycles. The molecule has 86 valence electrons. The summed E-state index contributed by atoms with van der Waals surface area (Å²) in [6, 6.07) is 0. The number of carbonyl (C=O) groups is 1. The molecule has 0 aromatic rings. The van der Waals surface area contributed by atoms with Gasteiger partial charge in [-0.1, -0.05) is 36.4 Å². The van der Waals surface area contributed by atoms with E-state index in [0.29, 0.717) is 6.54 Å². The van der Waals surface area contributed by atoms with Crippen molar-refractivity contribution in [3.05, 3.63) is 23.7 Å². The number of carbonyl (C=O) groups excluding carboxylic acids is 2. The van der Waals surface area contributed by atoms with Gasteiger partial charge in [-0.15, -0.1) is 0 Å². The van der Waals surface area contributed by atoms with Gasteiger partial charge in [0.25, 0.3) is 0 Å². The minimum absolute atomic E-state index is 0.111. The fraction of sp³-hybridized carbons (Fsp3) is 0.333.